The lowest BCUT2D eigenvalue weighted by molar-refractivity contribution is -0.385. The van der Waals surface area contributed by atoms with Gasteiger partial charge in [0.1, 0.15) is 0 Å². The van der Waals surface area contributed by atoms with E-state index in [4.69, 9.17) is 10.5 Å². The van der Waals surface area contributed by atoms with Crippen LogP contribution in [0.2, 0.25) is 0 Å². The van der Waals surface area contributed by atoms with E-state index in [2.05, 4.69) is 4.72 Å². The zero-order valence-corrected chi connectivity index (χ0v) is 17.4. The van der Waals surface area contributed by atoms with Crippen LogP contribution in [0.5, 0.6) is 0 Å². The van der Waals surface area contributed by atoms with Crippen molar-refractivity contribution in [3.05, 3.63) is 33.4 Å². The second-order valence-corrected chi connectivity index (χ2v) is 7.75. The van der Waals surface area contributed by atoms with Gasteiger partial charge >= 0.3 is 5.97 Å². The van der Waals surface area contributed by atoms with Crippen LogP contribution in [-0.4, -0.2) is 38.0 Å². The van der Waals surface area contributed by atoms with Gasteiger partial charge in [-0.05, 0) is 32.8 Å². The van der Waals surface area contributed by atoms with Gasteiger partial charge in [-0.1, -0.05) is 13.8 Å². The summed E-state index contributed by atoms with van der Waals surface area (Å²) in [5, 5.41) is 11.3. The molecule has 11 heteroatoms. The van der Waals surface area contributed by atoms with E-state index in [9.17, 15) is 23.3 Å². The molecular formula is C16H26ClN3O6S. The minimum atomic E-state index is -4.10. The van der Waals surface area contributed by atoms with Crippen molar-refractivity contribution in [1.29, 1.82) is 0 Å². The van der Waals surface area contributed by atoms with Crippen LogP contribution in [0.3, 0.4) is 0 Å². The van der Waals surface area contributed by atoms with Gasteiger partial charge in [0.15, 0.2) is 0 Å². The number of sulfonamides is 1. The summed E-state index contributed by atoms with van der Waals surface area (Å²) < 4.78 is 32.4. The predicted molar refractivity (Wildman–Crippen MR) is 104 cm³/mol. The number of rotatable bonds is 9. The van der Waals surface area contributed by atoms with E-state index in [0.717, 1.165) is 12.1 Å². The minimum Gasteiger partial charge on any atom is -0.462 e. The Morgan fingerprint density at radius 3 is 2.30 bits per heavy atom. The fourth-order valence-corrected chi connectivity index (χ4v) is 3.44. The maximum absolute atomic E-state index is 12.6. The largest absolute Gasteiger partial charge is 0.462 e. The first-order valence-electron chi connectivity index (χ1n) is 8.26. The maximum Gasteiger partial charge on any atom is 0.338 e. The molecule has 0 aromatic heterocycles. The molecule has 0 bridgehead atoms. The molecule has 27 heavy (non-hydrogen) atoms. The Hall–Kier alpha value is -1.75. The lowest BCUT2D eigenvalue weighted by Crippen LogP contribution is -2.49. The number of nitro benzene ring substituents is 1. The van der Waals surface area contributed by atoms with Crippen molar-refractivity contribution in [2.24, 2.45) is 5.73 Å². The standard InChI is InChI=1S/C16H25N3O6S.ClH/c1-5-16(17,6-2)10-18-26(23,24)12-8-13(15(20)25-7-3)11(4)14(9-12)19(21)22;/h8-9,18H,5-7,10,17H2,1-4H3;1H. The Labute approximate surface area is 165 Å². The van der Waals surface area contributed by atoms with Crippen molar-refractivity contribution in [2.75, 3.05) is 13.2 Å². The average molecular weight is 424 g/mol. The third kappa shape index (κ3) is 6.13. The summed E-state index contributed by atoms with van der Waals surface area (Å²) >= 11 is 0. The quantitative estimate of drug-likeness (QED) is 0.352. The van der Waals surface area contributed by atoms with Crippen molar-refractivity contribution >= 4 is 34.1 Å². The van der Waals surface area contributed by atoms with Crippen LogP contribution in [0.15, 0.2) is 17.0 Å². The van der Waals surface area contributed by atoms with Crippen LogP contribution in [0.25, 0.3) is 0 Å². The van der Waals surface area contributed by atoms with Crippen molar-refractivity contribution in [1.82, 2.24) is 4.72 Å². The van der Waals surface area contributed by atoms with Gasteiger partial charge in [0.2, 0.25) is 10.0 Å². The highest BCUT2D eigenvalue weighted by molar-refractivity contribution is 7.89. The highest BCUT2D eigenvalue weighted by Gasteiger charge is 2.28. The summed E-state index contributed by atoms with van der Waals surface area (Å²) in [4.78, 5) is 22.2. The van der Waals surface area contributed by atoms with Gasteiger partial charge in [-0.15, -0.1) is 12.4 Å². The fraction of sp³-hybridized carbons (Fsp3) is 0.562. The van der Waals surface area contributed by atoms with Crippen molar-refractivity contribution in [2.45, 2.75) is 51.0 Å². The number of esters is 1. The molecule has 0 fully saturated rings. The maximum atomic E-state index is 12.6. The molecule has 0 atom stereocenters. The van der Waals surface area contributed by atoms with Crippen molar-refractivity contribution in [3.63, 3.8) is 0 Å². The van der Waals surface area contributed by atoms with Gasteiger partial charge in [-0.3, -0.25) is 10.1 Å². The van der Waals surface area contributed by atoms with Crippen LogP contribution in [0, 0.1) is 17.0 Å². The molecule has 0 saturated carbocycles. The molecule has 0 unspecified atom stereocenters. The predicted octanol–water partition coefficient (Wildman–Crippen LogP) is 2.30. The van der Waals surface area contributed by atoms with E-state index in [1.54, 1.807) is 6.92 Å². The Morgan fingerprint density at radius 1 is 1.30 bits per heavy atom. The third-order valence-electron chi connectivity index (χ3n) is 4.38. The molecule has 0 saturated heterocycles. The van der Waals surface area contributed by atoms with Gasteiger partial charge in [0, 0.05) is 23.7 Å². The Kier molecular flexibility index (Phi) is 9.33. The molecule has 0 heterocycles. The number of carbonyl (C=O) groups excluding carboxylic acids is 1. The van der Waals surface area contributed by atoms with Crippen LogP contribution in [-0.2, 0) is 14.8 Å². The smallest absolute Gasteiger partial charge is 0.338 e. The highest BCUT2D eigenvalue weighted by Crippen LogP contribution is 2.27. The van der Waals surface area contributed by atoms with Gasteiger partial charge in [0.25, 0.3) is 5.69 Å². The van der Waals surface area contributed by atoms with Gasteiger partial charge in [-0.2, -0.15) is 0 Å². The molecule has 0 aliphatic rings. The number of hydrogen-bond donors (Lipinski definition) is 2. The summed E-state index contributed by atoms with van der Waals surface area (Å²) in [7, 11) is -4.10. The first-order chi connectivity index (χ1) is 12.0. The summed E-state index contributed by atoms with van der Waals surface area (Å²) in [6.45, 7) is 6.66. The minimum absolute atomic E-state index is 0. The number of nitrogens with one attached hydrogen (secondary N) is 1. The normalized spacial score (nSPS) is 11.6. The first kappa shape index (κ1) is 25.2. The van der Waals surface area contributed by atoms with E-state index >= 15 is 0 Å². The van der Waals surface area contributed by atoms with Crippen molar-refractivity contribution in [3.8, 4) is 0 Å². The molecule has 0 aliphatic heterocycles. The number of nitro groups is 1. The van der Waals surface area contributed by atoms with Crippen LogP contribution in [0.1, 0.15) is 49.5 Å². The Morgan fingerprint density at radius 2 is 1.85 bits per heavy atom. The average Bonchev–Trinajstić information content (AvgIpc) is 2.59. The second kappa shape index (κ2) is 9.98. The molecule has 9 nitrogen and oxygen atoms in total. The molecule has 1 aromatic carbocycles. The van der Waals surface area contributed by atoms with Gasteiger partial charge in [0.05, 0.1) is 22.0 Å². The van der Waals surface area contributed by atoms with Crippen LogP contribution >= 0.6 is 12.4 Å². The van der Waals surface area contributed by atoms with E-state index in [0.29, 0.717) is 12.8 Å². The molecule has 0 aliphatic carbocycles. The van der Waals surface area contributed by atoms with E-state index in [1.807, 2.05) is 13.8 Å². The number of nitrogens with two attached hydrogens (primary N) is 1. The number of halogens is 1. The zero-order chi connectivity index (χ0) is 20.1. The van der Waals surface area contributed by atoms with Crippen molar-refractivity contribution < 1.29 is 22.9 Å². The highest BCUT2D eigenvalue weighted by atomic mass is 35.5. The number of nitrogens with zero attached hydrogens (tertiary/aromatic N) is 1. The molecule has 1 rings (SSSR count). The zero-order valence-electron chi connectivity index (χ0n) is 15.8. The van der Waals surface area contributed by atoms with E-state index < -0.39 is 32.1 Å². The van der Waals surface area contributed by atoms with Crippen LogP contribution in [0.4, 0.5) is 5.69 Å². The first-order valence-corrected chi connectivity index (χ1v) is 9.74. The summed E-state index contributed by atoms with van der Waals surface area (Å²) in [5.74, 6) is -0.819. The van der Waals surface area contributed by atoms with Gasteiger partial charge in [-0.25, -0.2) is 17.9 Å². The molecular weight excluding hydrogens is 398 g/mol. The molecule has 0 amide bonds. The second-order valence-electron chi connectivity index (χ2n) is 5.99. The van der Waals surface area contributed by atoms with E-state index in [-0.39, 0.29) is 41.6 Å². The molecule has 3 N–H and O–H groups in total. The lowest BCUT2D eigenvalue weighted by Gasteiger charge is -2.26. The summed E-state index contributed by atoms with van der Waals surface area (Å²) in [6.07, 6.45) is 1.10. The number of carbonyl (C=O) groups is 1. The molecule has 154 valence electrons. The summed E-state index contributed by atoms with van der Waals surface area (Å²) in [5.41, 5.74) is 4.78. The number of hydrogen-bond acceptors (Lipinski definition) is 7. The van der Waals surface area contributed by atoms with Crippen LogP contribution < -0.4 is 10.5 Å². The topological polar surface area (TPSA) is 142 Å². The monoisotopic (exact) mass is 423 g/mol. The fourth-order valence-electron chi connectivity index (χ4n) is 2.26. The Bertz CT molecular complexity index is 794. The number of benzene rings is 1. The van der Waals surface area contributed by atoms with E-state index in [1.165, 1.54) is 6.92 Å². The lowest BCUT2D eigenvalue weighted by atomic mass is 9.95. The Balaban J connectivity index is 0.00000676. The molecule has 0 radical (unpaired) electrons. The summed E-state index contributed by atoms with van der Waals surface area (Å²) in [6, 6.07) is 2.01. The third-order valence-corrected chi connectivity index (χ3v) is 5.76. The van der Waals surface area contributed by atoms with Gasteiger partial charge < -0.3 is 10.5 Å². The molecule has 0 spiro atoms. The number of ether oxygens (including phenoxy) is 1. The molecule has 1 aromatic rings. The SMILES string of the molecule is CCOC(=O)c1cc(S(=O)(=O)NCC(N)(CC)CC)cc([N+](=O)[O-])c1C.Cl.